The number of ether oxygens (including phenoxy) is 2. The Morgan fingerprint density at radius 1 is 1.44 bits per heavy atom. The number of allylic oxidation sites excluding steroid dienone is 1. The molecule has 0 aromatic carbocycles. The van der Waals surface area contributed by atoms with Crippen LogP contribution in [0.1, 0.15) is 0 Å². The lowest BCUT2D eigenvalue weighted by molar-refractivity contribution is 0.0939. The summed E-state index contributed by atoms with van der Waals surface area (Å²) in [6.07, 6.45) is 1.28. The molecule has 0 aliphatic heterocycles. The molecule has 0 amide bonds. The van der Waals surface area contributed by atoms with Gasteiger partial charge in [0, 0.05) is 0 Å². The number of hydrogen-bond donors (Lipinski definition) is 1. The van der Waals surface area contributed by atoms with Crippen LogP contribution in [0, 0.1) is 0 Å². The maximum Gasteiger partial charge on any atom is 0.282 e. The highest BCUT2D eigenvalue weighted by Gasteiger charge is 1.91. The van der Waals surface area contributed by atoms with Crippen molar-refractivity contribution in [3.05, 3.63) is 24.4 Å². The summed E-state index contributed by atoms with van der Waals surface area (Å²) >= 11 is 0. The number of methoxy groups -OCH3 is 2. The fourth-order valence-electron chi connectivity index (χ4n) is 0.337. The summed E-state index contributed by atoms with van der Waals surface area (Å²) in [5, 5.41) is 8.55. The third-order valence-electron chi connectivity index (χ3n) is 0.687. The molecule has 0 unspecified atom stereocenters. The van der Waals surface area contributed by atoms with Gasteiger partial charge in [-0.05, 0) is 0 Å². The summed E-state index contributed by atoms with van der Waals surface area (Å²) in [4.78, 5) is 0. The number of hydrogen-bond acceptors (Lipinski definition) is 3. The zero-order valence-electron chi connectivity index (χ0n) is 5.55. The molecule has 52 valence electrons. The van der Waals surface area contributed by atoms with Crippen molar-refractivity contribution in [2.24, 2.45) is 0 Å². The number of aliphatic hydroxyl groups excluding tert-OH is 1. The molecular formula is C6H10O3. The van der Waals surface area contributed by atoms with Crippen molar-refractivity contribution >= 4 is 0 Å². The van der Waals surface area contributed by atoms with Gasteiger partial charge in [-0.2, -0.15) is 0 Å². The van der Waals surface area contributed by atoms with Crippen molar-refractivity contribution in [1.82, 2.24) is 0 Å². The van der Waals surface area contributed by atoms with Gasteiger partial charge in [0.05, 0.1) is 20.3 Å². The number of rotatable bonds is 3. The van der Waals surface area contributed by atoms with Gasteiger partial charge in [0.25, 0.3) is 5.95 Å². The predicted octanol–water partition coefficient (Wildman–Crippen LogP) is 1.19. The van der Waals surface area contributed by atoms with E-state index in [1.807, 2.05) is 0 Å². The van der Waals surface area contributed by atoms with Gasteiger partial charge in [-0.3, -0.25) is 0 Å². The summed E-state index contributed by atoms with van der Waals surface area (Å²) in [6.45, 7) is 3.21. The van der Waals surface area contributed by atoms with Crippen LogP contribution in [0.25, 0.3) is 0 Å². The van der Waals surface area contributed by atoms with E-state index in [1.54, 1.807) is 0 Å². The molecule has 0 atom stereocenters. The van der Waals surface area contributed by atoms with Gasteiger partial charge in [0.15, 0.2) is 0 Å². The lowest BCUT2D eigenvalue weighted by Gasteiger charge is -2.01. The van der Waals surface area contributed by atoms with E-state index in [9.17, 15) is 0 Å². The molecule has 0 aliphatic carbocycles. The van der Waals surface area contributed by atoms with Crippen molar-refractivity contribution in [1.29, 1.82) is 0 Å². The van der Waals surface area contributed by atoms with E-state index in [0.29, 0.717) is 0 Å². The van der Waals surface area contributed by atoms with E-state index in [4.69, 9.17) is 5.11 Å². The maximum atomic E-state index is 8.55. The van der Waals surface area contributed by atoms with E-state index in [2.05, 4.69) is 16.1 Å². The lowest BCUT2D eigenvalue weighted by atomic mass is 10.5. The first-order valence-electron chi connectivity index (χ1n) is 2.38. The molecule has 0 bridgehead atoms. The molecular weight excluding hydrogens is 120 g/mol. The van der Waals surface area contributed by atoms with Gasteiger partial charge in [-0.15, -0.1) is 0 Å². The Hall–Kier alpha value is -1.12. The topological polar surface area (TPSA) is 38.7 Å². The van der Waals surface area contributed by atoms with Crippen molar-refractivity contribution in [2.45, 2.75) is 0 Å². The first kappa shape index (κ1) is 7.88. The Bertz CT molecular complexity index is 120. The van der Waals surface area contributed by atoms with Crippen molar-refractivity contribution in [2.75, 3.05) is 14.2 Å². The molecule has 0 radical (unpaired) electrons. The second-order valence-corrected chi connectivity index (χ2v) is 1.36. The quantitative estimate of drug-likeness (QED) is 0.460. The summed E-state index contributed by atoms with van der Waals surface area (Å²) in [6, 6.07) is 0. The van der Waals surface area contributed by atoms with Crippen molar-refractivity contribution < 1.29 is 14.6 Å². The molecule has 9 heavy (non-hydrogen) atoms. The molecule has 0 fully saturated rings. The van der Waals surface area contributed by atoms with Crippen LogP contribution in [0.5, 0.6) is 0 Å². The van der Waals surface area contributed by atoms with Gasteiger partial charge >= 0.3 is 0 Å². The van der Waals surface area contributed by atoms with Gasteiger partial charge in [0.2, 0.25) is 0 Å². The molecule has 3 nitrogen and oxygen atoms in total. The van der Waals surface area contributed by atoms with Crippen molar-refractivity contribution in [3.8, 4) is 0 Å². The van der Waals surface area contributed by atoms with E-state index in [-0.39, 0.29) is 11.7 Å². The molecule has 3 heteroatoms. The van der Waals surface area contributed by atoms with Crippen LogP contribution in [0.4, 0.5) is 0 Å². The van der Waals surface area contributed by atoms with E-state index in [1.165, 1.54) is 20.3 Å². The van der Waals surface area contributed by atoms with Gasteiger partial charge in [-0.25, -0.2) is 0 Å². The molecule has 0 rings (SSSR count). The van der Waals surface area contributed by atoms with Crippen LogP contribution in [-0.4, -0.2) is 19.3 Å². The molecule has 0 spiro atoms. The van der Waals surface area contributed by atoms with E-state index in [0.717, 1.165) is 0 Å². The first-order chi connectivity index (χ1) is 4.20. The third-order valence-corrected chi connectivity index (χ3v) is 0.687. The standard InChI is InChI=1S/C6H10O3/c1-5(7)4-6(8-2)9-3/h4,7H,1H2,2-3H3. The normalized spacial score (nSPS) is 7.78. The second-order valence-electron chi connectivity index (χ2n) is 1.36. The molecule has 0 heterocycles. The van der Waals surface area contributed by atoms with Crippen LogP contribution in [0.3, 0.4) is 0 Å². The van der Waals surface area contributed by atoms with Gasteiger partial charge < -0.3 is 14.6 Å². The summed E-state index contributed by atoms with van der Waals surface area (Å²) in [5.74, 6) is 0.149. The fourth-order valence-corrected chi connectivity index (χ4v) is 0.337. The fraction of sp³-hybridized carbons (Fsp3) is 0.333. The highest BCUT2D eigenvalue weighted by molar-refractivity contribution is 5.05. The Morgan fingerprint density at radius 2 is 1.89 bits per heavy atom. The third kappa shape index (κ3) is 3.46. The molecule has 0 aliphatic rings. The predicted molar refractivity (Wildman–Crippen MR) is 33.9 cm³/mol. The summed E-state index contributed by atoms with van der Waals surface area (Å²) in [7, 11) is 2.89. The SMILES string of the molecule is C=C(O)C=C(OC)OC. The van der Waals surface area contributed by atoms with Crippen LogP contribution in [0.15, 0.2) is 24.4 Å². The zero-order chi connectivity index (χ0) is 7.28. The lowest BCUT2D eigenvalue weighted by Crippen LogP contribution is -1.89. The Morgan fingerprint density at radius 3 is 2.00 bits per heavy atom. The molecule has 0 aromatic heterocycles. The molecule has 1 N–H and O–H groups in total. The average Bonchev–Trinajstić information content (AvgIpc) is 1.82. The highest BCUT2D eigenvalue weighted by atomic mass is 16.7. The number of aliphatic hydroxyl groups is 1. The van der Waals surface area contributed by atoms with Gasteiger partial charge in [0.1, 0.15) is 5.76 Å². The summed E-state index contributed by atoms with van der Waals surface area (Å²) in [5.41, 5.74) is 0. The van der Waals surface area contributed by atoms with Crippen LogP contribution < -0.4 is 0 Å². The average molecular weight is 130 g/mol. The zero-order valence-corrected chi connectivity index (χ0v) is 5.55. The molecule has 0 aromatic rings. The minimum Gasteiger partial charge on any atom is -0.508 e. The Kier molecular flexibility index (Phi) is 3.35. The van der Waals surface area contributed by atoms with Crippen LogP contribution in [-0.2, 0) is 9.47 Å². The monoisotopic (exact) mass is 130 g/mol. The molecule has 0 saturated heterocycles. The van der Waals surface area contributed by atoms with Crippen molar-refractivity contribution in [3.63, 3.8) is 0 Å². The van der Waals surface area contributed by atoms with Gasteiger partial charge in [-0.1, -0.05) is 6.58 Å². The minimum atomic E-state index is -0.0892. The van der Waals surface area contributed by atoms with Crippen LogP contribution >= 0.6 is 0 Å². The summed E-state index contributed by atoms with van der Waals surface area (Å²) < 4.78 is 9.26. The first-order valence-corrected chi connectivity index (χ1v) is 2.38. The second kappa shape index (κ2) is 3.83. The van der Waals surface area contributed by atoms with E-state index >= 15 is 0 Å². The minimum absolute atomic E-state index is 0.0892. The maximum absolute atomic E-state index is 8.55. The Labute approximate surface area is 54.2 Å². The smallest absolute Gasteiger partial charge is 0.282 e. The molecule has 0 saturated carbocycles. The Balaban J connectivity index is 3.91. The largest absolute Gasteiger partial charge is 0.508 e. The van der Waals surface area contributed by atoms with E-state index < -0.39 is 0 Å². The highest BCUT2D eigenvalue weighted by Crippen LogP contribution is 1.98. The van der Waals surface area contributed by atoms with Crippen LogP contribution in [0.2, 0.25) is 0 Å².